The number of hydrogen-bond acceptors (Lipinski definition) is 6. The first-order valence-corrected chi connectivity index (χ1v) is 8.47. The first-order chi connectivity index (χ1) is 11.8. The van der Waals surface area contributed by atoms with Gasteiger partial charge >= 0.3 is 0 Å². The Hall–Kier alpha value is -2.68. The summed E-state index contributed by atoms with van der Waals surface area (Å²) in [6.07, 6.45) is 5.10. The SMILES string of the molecule is Cc1nc2c(c(N3CCN(c4ncccc4C#N)CC3)n1)CCC2. The molecular weight excluding hydrogens is 300 g/mol. The van der Waals surface area contributed by atoms with Crippen LogP contribution in [-0.2, 0) is 12.8 Å². The van der Waals surface area contributed by atoms with Crippen molar-refractivity contribution >= 4 is 11.6 Å². The fraction of sp³-hybridized carbons (Fsp3) is 0.444. The van der Waals surface area contributed by atoms with E-state index in [0.717, 1.165) is 56.5 Å². The lowest BCUT2D eigenvalue weighted by atomic mass is 10.2. The molecular formula is C18H20N6. The van der Waals surface area contributed by atoms with Crippen LogP contribution in [0.2, 0.25) is 0 Å². The van der Waals surface area contributed by atoms with E-state index < -0.39 is 0 Å². The molecule has 3 heterocycles. The van der Waals surface area contributed by atoms with Gasteiger partial charge in [-0.25, -0.2) is 15.0 Å². The minimum Gasteiger partial charge on any atom is -0.353 e. The second-order valence-corrected chi connectivity index (χ2v) is 6.33. The number of nitriles is 1. The van der Waals surface area contributed by atoms with Gasteiger partial charge in [0.2, 0.25) is 0 Å². The summed E-state index contributed by atoms with van der Waals surface area (Å²) < 4.78 is 0. The van der Waals surface area contributed by atoms with Crippen LogP contribution in [0.4, 0.5) is 11.6 Å². The Bertz CT molecular complexity index is 802. The molecule has 0 amide bonds. The molecule has 24 heavy (non-hydrogen) atoms. The largest absolute Gasteiger partial charge is 0.353 e. The van der Waals surface area contributed by atoms with E-state index in [9.17, 15) is 5.26 Å². The summed E-state index contributed by atoms with van der Waals surface area (Å²) in [4.78, 5) is 18.3. The molecule has 1 saturated heterocycles. The molecule has 2 aliphatic rings. The quantitative estimate of drug-likeness (QED) is 0.841. The molecule has 4 rings (SSSR count). The van der Waals surface area contributed by atoms with E-state index in [0.29, 0.717) is 5.56 Å². The molecule has 6 heteroatoms. The van der Waals surface area contributed by atoms with Gasteiger partial charge in [0.25, 0.3) is 0 Å². The summed E-state index contributed by atoms with van der Waals surface area (Å²) >= 11 is 0. The molecule has 0 aromatic carbocycles. The maximum absolute atomic E-state index is 9.27. The smallest absolute Gasteiger partial charge is 0.146 e. The number of piperazine rings is 1. The predicted octanol–water partition coefficient (Wildman–Crippen LogP) is 1.87. The summed E-state index contributed by atoms with van der Waals surface area (Å²) in [5.74, 6) is 2.78. The maximum atomic E-state index is 9.27. The third kappa shape index (κ3) is 2.56. The van der Waals surface area contributed by atoms with Crippen molar-refractivity contribution in [3.05, 3.63) is 41.0 Å². The van der Waals surface area contributed by atoms with Gasteiger partial charge in [-0.3, -0.25) is 0 Å². The van der Waals surface area contributed by atoms with Crippen molar-refractivity contribution in [3.8, 4) is 6.07 Å². The molecule has 1 aliphatic heterocycles. The maximum Gasteiger partial charge on any atom is 0.146 e. The predicted molar refractivity (Wildman–Crippen MR) is 92.2 cm³/mol. The molecule has 122 valence electrons. The molecule has 6 nitrogen and oxygen atoms in total. The van der Waals surface area contributed by atoms with Gasteiger partial charge in [0.1, 0.15) is 23.5 Å². The summed E-state index contributed by atoms with van der Waals surface area (Å²) in [7, 11) is 0. The highest BCUT2D eigenvalue weighted by Crippen LogP contribution is 2.30. The van der Waals surface area contributed by atoms with Crippen molar-refractivity contribution in [2.75, 3.05) is 36.0 Å². The Kier molecular flexibility index (Phi) is 3.77. The van der Waals surface area contributed by atoms with Crippen LogP contribution >= 0.6 is 0 Å². The molecule has 1 aliphatic carbocycles. The monoisotopic (exact) mass is 320 g/mol. The van der Waals surface area contributed by atoms with E-state index >= 15 is 0 Å². The van der Waals surface area contributed by atoms with E-state index in [1.165, 1.54) is 17.7 Å². The van der Waals surface area contributed by atoms with Crippen LogP contribution in [-0.4, -0.2) is 41.1 Å². The zero-order valence-corrected chi connectivity index (χ0v) is 13.9. The second-order valence-electron chi connectivity index (χ2n) is 6.33. The lowest BCUT2D eigenvalue weighted by Crippen LogP contribution is -2.47. The molecule has 0 bridgehead atoms. The van der Waals surface area contributed by atoms with Crippen molar-refractivity contribution in [2.45, 2.75) is 26.2 Å². The Morgan fingerprint density at radius 2 is 1.79 bits per heavy atom. The van der Waals surface area contributed by atoms with Gasteiger partial charge in [-0.15, -0.1) is 0 Å². The number of hydrogen-bond donors (Lipinski definition) is 0. The molecule has 0 atom stereocenters. The van der Waals surface area contributed by atoms with Crippen LogP contribution in [0.3, 0.4) is 0 Å². The number of anilines is 2. The van der Waals surface area contributed by atoms with E-state index in [1.54, 1.807) is 6.20 Å². The molecule has 2 aromatic rings. The van der Waals surface area contributed by atoms with E-state index in [-0.39, 0.29) is 0 Å². The zero-order chi connectivity index (χ0) is 16.5. The highest BCUT2D eigenvalue weighted by atomic mass is 15.3. The molecule has 0 radical (unpaired) electrons. The number of aryl methyl sites for hydroxylation is 2. The van der Waals surface area contributed by atoms with Crippen molar-refractivity contribution in [2.24, 2.45) is 0 Å². The minimum absolute atomic E-state index is 0.643. The molecule has 0 spiro atoms. The summed E-state index contributed by atoms with van der Waals surface area (Å²) in [6, 6.07) is 5.88. The molecule has 0 saturated carbocycles. The topological polar surface area (TPSA) is 68.9 Å². The lowest BCUT2D eigenvalue weighted by molar-refractivity contribution is 0.637. The standard InChI is InChI=1S/C18H20N6/c1-13-21-16-6-2-5-15(16)18(22-13)24-10-8-23(9-11-24)17-14(12-19)4-3-7-20-17/h3-4,7H,2,5-6,8-11H2,1H3. The number of aromatic nitrogens is 3. The first-order valence-electron chi connectivity index (χ1n) is 8.47. The summed E-state index contributed by atoms with van der Waals surface area (Å²) in [5.41, 5.74) is 3.21. The van der Waals surface area contributed by atoms with E-state index in [1.807, 2.05) is 19.1 Å². The summed E-state index contributed by atoms with van der Waals surface area (Å²) in [5, 5.41) is 9.27. The van der Waals surface area contributed by atoms with Crippen LogP contribution in [0.15, 0.2) is 18.3 Å². The summed E-state index contributed by atoms with van der Waals surface area (Å²) in [6.45, 7) is 5.47. The van der Waals surface area contributed by atoms with Gasteiger partial charge in [0.05, 0.1) is 5.56 Å². The van der Waals surface area contributed by atoms with Gasteiger partial charge in [0.15, 0.2) is 0 Å². The van der Waals surface area contributed by atoms with Crippen molar-refractivity contribution in [3.63, 3.8) is 0 Å². The fourth-order valence-corrected chi connectivity index (χ4v) is 3.66. The van der Waals surface area contributed by atoms with E-state index in [2.05, 4.69) is 25.8 Å². The Morgan fingerprint density at radius 1 is 1.04 bits per heavy atom. The van der Waals surface area contributed by atoms with Crippen LogP contribution in [0.5, 0.6) is 0 Å². The highest BCUT2D eigenvalue weighted by molar-refractivity contribution is 5.56. The average Bonchev–Trinajstić information content (AvgIpc) is 3.09. The van der Waals surface area contributed by atoms with Gasteiger partial charge in [-0.05, 0) is 38.3 Å². The number of pyridine rings is 1. The second kappa shape index (κ2) is 6.08. The Balaban J connectivity index is 1.54. The third-order valence-corrected chi connectivity index (χ3v) is 4.81. The van der Waals surface area contributed by atoms with Gasteiger partial charge in [-0.2, -0.15) is 5.26 Å². The minimum atomic E-state index is 0.643. The van der Waals surface area contributed by atoms with Gasteiger partial charge < -0.3 is 9.80 Å². The van der Waals surface area contributed by atoms with Crippen LogP contribution in [0, 0.1) is 18.3 Å². The fourth-order valence-electron chi connectivity index (χ4n) is 3.66. The Morgan fingerprint density at radius 3 is 2.54 bits per heavy atom. The number of rotatable bonds is 2. The van der Waals surface area contributed by atoms with Gasteiger partial charge in [-0.1, -0.05) is 0 Å². The molecule has 1 fully saturated rings. The van der Waals surface area contributed by atoms with E-state index in [4.69, 9.17) is 4.98 Å². The van der Waals surface area contributed by atoms with Gasteiger partial charge in [0, 0.05) is 43.6 Å². The lowest BCUT2D eigenvalue weighted by Gasteiger charge is -2.37. The van der Waals surface area contributed by atoms with Crippen LogP contribution < -0.4 is 9.80 Å². The van der Waals surface area contributed by atoms with Crippen LogP contribution in [0.25, 0.3) is 0 Å². The highest BCUT2D eigenvalue weighted by Gasteiger charge is 2.26. The molecule has 2 aromatic heterocycles. The van der Waals surface area contributed by atoms with Crippen molar-refractivity contribution in [1.82, 2.24) is 15.0 Å². The first kappa shape index (κ1) is 14.9. The number of nitrogens with zero attached hydrogens (tertiary/aromatic N) is 6. The number of fused-ring (bicyclic) bond motifs is 1. The third-order valence-electron chi connectivity index (χ3n) is 4.81. The normalized spacial score (nSPS) is 16.8. The zero-order valence-electron chi connectivity index (χ0n) is 13.9. The molecule has 0 unspecified atom stereocenters. The van der Waals surface area contributed by atoms with Crippen molar-refractivity contribution < 1.29 is 0 Å². The molecule has 0 N–H and O–H groups in total. The van der Waals surface area contributed by atoms with Crippen LogP contribution in [0.1, 0.15) is 29.1 Å². The average molecular weight is 320 g/mol. The van der Waals surface area contributed by atoms with Crippen molar-refractivity contribution in [1.29, 1.82) is 5.26 Å². The Labute approximate surface area is 141 Å².